The normalized spacial score (nSPS) is 16.5. The molecule has 0 aromatic heterocycles. The second-order valence-corrected chi connectivity index (χ2v) is 9.04. The Bertz CT molecular complexity index is 689. The number of hydrogen-bond acceptors (Lipinski definition) is 4. The second kappa shape index (κ2) is 10.3. The van der Waals surface area contributed by atoms with Crippen LogP contribution in [-0.4, -0.2) is 62.0 Å². The molecule has 2 rings (SSSR count). The maximum atomic E-state index is 12.3. The Labute approximate surface area is 161 Å². The predicted molar refractivity (Wildman–Crippen MR) is 106 cm³/mol. The first kappa shape index (κ1) is 21.2. The molecule has 6 nitrogen and oxygen atoms in total. The summed E-state index contributed by atoms with van der Waals surface area (Å²) in [6.45, 7) is 4.99. The van der Waals surface area contributed by atoms with Crippen molar-refractivity contribution in [2.24, 2.45) is 0 Å². The van der Waals surface area contributed by atoms with Gasteiger partial charge in [0.05, 0.1) is 16.5 Å². The van der Waals surface area contributed by atoms with Crippen molar-refractivity contribution in [1.82, 2.24) is 9.21 Å². The van der Waals surface area contributed by atoms with Crippen molar-refractivity contribution in [3.8, 4) is 0 Å². The molecule has 1 aliphatic rings. The number of unbranched alkanes of at least 4 members (excludes halogenated alkanes) is 2. The monoisotopic (exact) mass is 401 g/mol. The van der Waals surface area contributed by atoms with Gasteiger partial charge in [-0.2, -0.15) is 4.31 Å². The average molecular weight is 402 g/mol. The number of halogens is 1. The lowest BCUT2D eigenvalue weighted by Gasteiger charge is -2.33. The highest BCUT2D eigenvalue weighted by molar-refractivity contribution is 7.89. The molecule has 1 N–H and O–H groups in total. The van der Waals surface area contributed by atoms with Crippen LogP contribution < -0.4 is 5.32 Å². The first-order valence-electron chi connectivity index (χ1n) is 9.17. The van der Waals surface area contributed by atoms with Crippen LogP contribution in [0.15, 0.2) is 24.3 Å². The van der Waals surface area contributed by atoms with Crippen molar-refractivity contribution < 1.29 is 13.2 Å². The van der Waals surface area contributed by atoms with Crippen molar-refractivity contribution in [2.75, 3.05) is 43.8 Å². The summed E-state index contributed by atoms with van der Waals surface area (Å²) in [5.41, 5.74) is 0.613. The zero-order valence-corrected chi connectivity index (χ0v) is 16.9. The summed E-state index contributed by atoms with van der Waals surface area (Å²) in [5, 5.41) is 3.32. The van der Waals surface area contributed by atoms with E-state index in [0.29, 0.717) is 49.9 Å². The van der Waals surface area contributed by atoms with Gasteiger partial charge in [0.25, 0.3) is 0 Å². The van der Waals surface area contributed by atoms with Gasteiger partial charge in [-0.1, -0.05) is 43.5 Å². The van der Waals surface area contributed by atoms with Gasteiger partial charge in [-0.3, -0.25) is 4.79 Å². The van der Waals surface area contributed by atoms with Gasteiger partial charge in [-0.15, -0.1) is 0 Å². The smallest absolute Gasteiger partial charge is 0.225 e. The van der Waals surface area contributed by atoms with E-state index >= 15 is 0 Å². The molecule has 0 atom stereocenters. The number of carbonyl (C=O) groups is 1. The molecule has 1 aromatic rings. The number of hydrogen-bond donors (Lipinski definition) is 1. The van der Waals surface area contributed by atoms with E-state index in [-0.39, 0.29) is 11.7 Å². The third kappa shape index (κ3) is 6.54. The predicted octanol–water partition coefficient (Wildman–Crippen LogP) is 2.81. The molecule has 0 unspecified atom stereocenters. The molecule has 0 spiro atoms. The van der Waals surface area contributed by atoms with E-state index in [2.05, 4.69) is 17.1 Å². The number of piperazine rings is 1. The van der Waals surface area contributed by atoms with Crippen molar-refractivity contribution >= 4 is 33.2 Å². The molecule has 1 aromatic carbocycles. The molecular weight excluding hydrogens is 374 g/mol. The number of nitrogens with zero attached hydrogens (tertiary/aromatic N) is 2. The summed E-state index contributed by atoms with van der Waals surface area (Å²) in [6.07, 6.45) is 3.04. The van der Waals surface area contributed by atoms with Crippen LogP contribution in [0.5, 0.6) is 0 Å². The summed E-state index contributed by atoms with van der Waals surface area (Å²) in [7, 11) is -3.14. The molecule has 1 aliphatic heterocycles. The molecule has 0 radical (unpaired) electrons. The van der Waals surface area contributed by atoms with Gasteiger partial charge in [-0.05, 0) is 18.6 Å². The van der Waals surface area contributed by atoms with Crippen LogP contribution in [0.25, 0.3) is 0 Å². The van der Waals surface area contributed by atoms with Crippen molar-refractivity contribution in [3.63, 3.8) is 0 Å². The molecule has 1 heterocycles. The third-order valence-corrected chi connectivity index (χ3v) is 6.82. The van der Waals surface area contributed by atoms with Crippen molar-refractivity contribution in [3.05, 3.63) is 29.3 Å². The number of rotatable bonds is 9. The van der Waals surface area contributed by atoms with Gasteiger partial charge in [0.15, 0.2) is 0 Å². The summed E-state index contributed by atoms with van der Waals surface area (Å²) in [6, 6.07) is 7.13. The van der Waals surface area contributed by atoms with E-state index in [9.17, 15) is 13.2 Å². The average Bonchev–Trinajstić information content (AvgIpc) is 2.62. The van der Waals surface area contributed by atoms with Gasteiger partial charge in [0.2, 0.25) is 15.9 Å². The van der Waals surface area contributed by atoms with E-state index in [4.69, 9.17) is 11.6 Å². The highest BCUT2D eigenvalue weighted by Gasteiger charge is 2.26. The van der Waals surface area contributed by atoms with Crippen molar-refractivity contribution in [2.45, 2.75) is 32.6 Å². The second-order valence-electron chi connectivity index (χ2n) is 6.54. The molecule has 1 amide bonds. The van der Waals surface area contributed by atoms with Gasteiger partial charge < -0.3 is 10.2 Å². The molecule has 1 saturated heterocycles. The Balaban J connectivity index is 1.71. The molecular formula is C18H28ClN3O3S. The van der Waals surface area contributed by atoms with Gasteiger partial charge in [0.1, 0.15) is 0 Å². The number of amides is 1. The van der Waals surface area contributed by atoms with E-state index in [0.717, 1.165) is 19.3 Å². The Morgan fingerprint density at radius 3 is 2.50 bits per heavy atom. The maximum Gasteiger partial charge on any atom is 0.225 e. The van der Waals surface area contributed by atoms with E-state index in [1.807, 2.05) is 12.1 Å². The lowest BCUT2D eigenvalue weighted by Crippen LogP contribution is -2.49. The summed E-state index contributed by atoms with van der Waals surface area (Å²) >= 11 is 6.03. The van der Waals surface area contributed by atoms with Gasteiger partial charge in [0, 0.05) is 39.1 Å². The van der Waals surface area contributed by atoms with Crippen LogP contribution in [0.1, 0.15) is 32.6 Å². The van der Waals surface area contributed by atoms with E-state index in [1.165, 1.54) is 0 Å². The molecule has 146 valence electrons. The van der Waals surface area contributed by atoms with Crippen LogP contribution >= 0.6 is 11.6 Å². The Morgan fingerprint density at radius 2 is 1.85 bits per heavy atom. The highest BCUT2D eigenvalue weighted by Crippen LogP contribution is 2.20. The van der Waals surface area contributed by atoms with Gasteiger partial charge >= 0.3 is 0 Å². The fourth-order valence-corrected chi connectivity index (χ4v) is 4.66. The van der Waals surface area contributed by atoms with E-state index in [1.54, 1.807) is 16.4 Å². The molecule has 8 heteroatoms. The number of benzene rings is 1. The molecule has 1 fully saturated rings. The van der Waals surface area contributed by atoms with Crippen molar-refractivity contribution in [1.29, 1.82) is 0 Å². The number of carbonyl (C=O) groups excluding carboxylic acids is 1. The molecule has 0 saturated carbocycles. The number of nitrogens with one attached hydrogen (secondary N) is 1. The summed E-state index contributed by atoms with van der Waals surface area (Å²) < 4.78 is 26.2. The largest absolute Gasteiger partial charge is 0.325 e. The Hall–Kier alpha value is -1.15. The summed E-state index contributed by atoms with van der Waals surface area (Å²) in [5.74, 6) is 0.147. The molecule has 26 heavy (non-hydrogen) atoms. The van der Waals surface area contributed by atoms with Crippen LogP contribution in [0.4, 0.5) is 5.69 Å². The minimum absolute atomic E-state index is 0.0901. The zero-order chi connectivity index (χ0) is 19.0. The first-order chi connectivity index (χ1) is 12.4. The zero-order valence-electron chi connectivity index (χ0n) is 15.3. The standard InChI is InChI=1S/C18H28ClN3O3S/c1-2-3-6-15-26(24,25)22-13-11-21(12-14-22)10-9-18(23)20-17-8-5-4-7-16(17)19/h4-5,7-8H,2-3,6,9-15H2,1H3,(H,20,23). The van der Waals surface area contributed by atoms with Crippen LogP contribution in [0.2, 0.25) is 5.02 Å². The van der Waals surface area contributed by atoms with E-state index < -0.39 is 10.0 Å². The molecule has 0 bridgehead atoms. The Morgan fingerprint density at radius 1 is 1.15 bits per heavy atom. The minimum Gasteiger partial charge on any atom is -0.325 e. The van der Waals surface area contributed by atoms with Crippen LogP contribution in [0.3, 0.4) is 0 Å². The van der Waals surface area contributed by atoms with Crippen LogP contribution in [-0.2, 0) is 14.8 Å². The quantitative estimate of drug-likeness (QED) is 0.646. The number of para-hydroxylation sites is 1. The fraction of sp³-hybridized carbons (Fsp3) is 0.611. The summed E-state index contributed by atoms with van der Waals surface area (Å²) in [4.78, 5) is 14.2. The van der Waals surface area contributed by atoms with Crippen LogP contribution in [0, 0.1) is 0 Å². The SMILES string of the molecule is CCCCCS(=O)(=O)N1CCN(CCC(=O)Nc2ccccc2Cl)CC1. The highest BCUT2D eigenvalue weighted by atomic mass is 35.5. The first-order valence-corrected chi connectivity index (χ1v) is 11.2. The lowest BCUT2D eigenvalue weighted by atomic mass is 10.3. The number of sulfonamides is 1. The third-order valence-electron chi connectivity index (χ3n) is 4.53. The molecule has 0 aliphatic carbocycles. The maximum absolute atomic E-state index is 12.3. The Kier molecular flexibility index (Phi) is 8.34. The minimum atomic E-state index is -3.14. The lowest BCUT2D eigenvalue weighted by molar-refractivity contribution is -0.116. The number of anilines is 1. The van der Waals surface area contributed by atoms with Gasteiger partial charge in [-0.25, -0.2) is 8.42 Å². The fourth-order valence-electron chi connectivity index (χ4n) is 2.93. The topological polar surface area (TPSA) is 69.7 Å².